The van der Waals surface area contributed by atoms with Crippen molar-refractivity contribution in [1.29, 1.82) is 0 Å². The van der Waals surface area contributed by atoms with Crippen LogP contribution in [0.1, 0.15) is 56.6 Å². The van der Waals surface area contributed by atoms with Crippen LogP contribution < -0.4 is 5.32 Å². The van der Waals surface area contributed by atoms with Gasteiger partial charge in [0.2, 0.25) is 0 Å². The summed E-state index contributed by atoms with van der Waals surface area (Å²) in [5, 5.41) is 7.60. The Hall–Kier alpha value is -1.07. The molecule has 0 saturated heterocycles. The summed E-state index contributed by atoms with van der Waals surface area (Å²) in [5.41, 5.74) is 1.18. The lowest BCUT2D eigenvalue weighted by molar-refractivity contribution is 0.0791. The van der Waals surface area contributed by atoms with Crippen LogP contribution in [0.25, 0.3) is 0 Å². The van der Waals surface area contributed by atoms with Crippen molar-refractivity contribution >= 4 is 17.5 Å². The van der Waals surface area contributed by atoms with Crippen molar-refractivity contribution in [2.45, 2.75) is 46.6 Å². The third kappa shape index (κ3) is 5.00. The van der Waals surface area contributed by atoms with Crippen LogP contribution in [-0.4, -0.2) is 34.9 Å². The lowest BCUT2D eigenvalue weighted by Gasteiger charge is -2.15. The fourth-order valence-corrected chi connectivity index (χ4v) is 2.18. The first kappa shape index (κ1) is 18.0. The highest BCUT2D eigenvalue weighted by Crippen LogP contribution is 2.25. The molecule has 1 aromatic rings. The molecule has 0 radical (unpaired) electrons. The maximum absolute atomic E-state index is 12.4. The lowest BCUT2D eigenvalue weighted by Crippen LogP contribution is -2.36. The summed E-state index contributed by atoms with van der Waals surface area (Å²) in [7, 11) is 1.74. The Bertz CT molecular complexity index is 484. The van der Waals surface area contributed by atoms with Crippen molar-refractivity contribution in [2.24, 2.45) is 13.0 Å². The zero-order valence-corrected chi connectivity index (χ0v) is 14.5. The Morgan fingerprint density at radius 1 is 1.29 bits per heavy atom. The Kier molecular flexibility index (Phi) is 6.68. The summed E-state index contributed by atoms with van der Waals surface area (Å²) in [6.07, 6.45) is 0. The molecule has 0 aliphatic rings. The first-order valence-electron chi connectivity index (χ1n) is 7.35. The maximum atomic E-state index is 12.4. The van der Waals surface area contributed by atoms with Gasteiger partial charge in [0.1, 0.15) is 5.15 Å². The number of rotatable bonds is 7. The van der Waals surface area contributed by atoms with Gasteiger partial charge in [0.15, 0.2) is 0 Å². The summed E-state index contributed by atoms with van der Waals surface area (Å²) in [6, 6.07) is -0.0764. The van der Waals surface area contributed by atoms with Gasteiger partial charge < -0.3 is 10.1 Å². The minimum Gasteiger partial charge on any atom is -0.379 e. The Labute approximate surface area is 132 Å². The summed E-state index contributed by atoms with van der Waals surface area (Å²) < 4.78 is 7.07. The molecule has 1 rings (SSSR count). The van der Waals surface area contributed by atoms with E-state index in [4.69, 9.17) is 16.3 Å². The Balaban J connectivity index is 2.71. The average Bonchev–Trinajstić information content (AvgIpc) is 2.65. The fraction of sp³-hybridized carbons (Fsp3) is 0.733. The van der Waals surface area contributed by atoms with Crippen molar-refractivity contribution in [1.82, 2.24) is 15.1 Å². The molecule has 0 aliphatic heterocycles. The van der Waals surface area contributed by atoms with Gasteiger partial charge in [-0.15, -0.1) is 0 Å². The molecular formula is C15H26ClN3O2. The predicted molar refractivity (Wildman–Crippen MR) is 84.9 cm³/mol. The molecule has 120 valence electrons. The molecule has 1 N–H and O–H groups in total. The van der Waals surface area contributed by atoms with E-state index in [1.165, 1.54) is 4.68 Å². The van der Waals surface area contributed by atoms with Crippen LogP contribution in [0, 0.1) is 5.92 Å². The van der Waals surface area contributed by atoms with E-state index < -0.39 is 0 Å². The van der Waals surface area contributed by atoms with E-state index in [2.05, 4.69) is 24.3 Å². The zero-order chi connectivity index (χ0) is 16.2. The van der Waals surface area contributed by atoms with Gasteiger partial charge in [-0.3, -0.25) is 9.48 Å². The van der Waals surface area contributed by atoms with E-state index in [1.807, 2.05) is 20.8 Å². The van der Waals surface area contributed by atoms with Gasteiger partial charge >= 0.3 is 0 Å². The summed E-state index contributed by atoms with van der Waals surface area (Å²) >= 11 is 6.19. The minimum absolute atomic E-state index is 0.0764. The number of nitrogens with zero attached hydrogens (tertiary/aromatic N) is 2. The number of carbonyl (C=O) groups excluding carboxylic acids is 1. The lowest BCUT2D eigenvalue weighted by atomic mass is 10.1. The van der Waals surface area contributed by atoms with E-state index in [9.17, 15) is 4.79 Å². The highest BCUT2D eigenvalue weighted by molar-refractivity contribution is 6.33. The number of aromatic nitrogens is 2. The molecule has 1 amide bonds. The minimum atomic E-state index is -0.197. The molecule has 1 aromatic heterocycles. The second kappa shape index (κ2) is 7.80. The molecule has 0 bridgehead atoms. The first-order chi connectivity index (χ1) is 9.73. The van der Waals surface area contributed by atoms with E-state index in [-0.39, 0.29) is 17.9 Å². The van der Waals surface area contributed by atoms with Crippen LogP contribution in [0.4, 0.5) is 0 Å². The molecule has 0 saturated carbocycles. The molecule has 21 heavy (non-hydrogen) atoms. The van der Waals surface area contributed by atoms with E-state index in [0.717, 1.165) is 5.69 Å². The van der Waals surface area contributed by atoms with Crippen LogP contribution in [-0.2, 0) is 11.8 Å². The van der Waals surface area contributed by atoms with Crippen LogP contribution in [0.2, 0.25) is 5.15 Å². The third-order valence-electron chi connectivity index (χ3n) is 2.97. The van der Waals surface area contributed by atoms with Gasteiger partial charge in [-0.2, -0.15) is 5.10 Å². The third-order valence-corrected chi connectivity index (χ3v) is 3.41. The number of carbonyl (C=O) groups is 1. The molecule has 5 nitrogen and oxygen atoms in total. The topological polar surface area (TPSA) is 56.1 Å². The molecular weight excluding hydrogens is 290 g/mol. The van der Waals surface area contributed by atoms with E-state index in [0.29, 0.717) is 29.8 Å². The number of ether oxygens (including phenoxy) is 1. The molecule has 0 aliphatic carbocycles. The van der Waals surface area contributed by atoms with Crippen molar-refractivity contribution in [3.8, 4) is 0 Å². The van der Waals surface area contributed by atoms with Crippen molar-refractivity contribution in [3.63, 3.8) is 0 Å². The second-order valence-corrected chi connectivity index (χ2v) is 6.49. The molecule has 0 aromatic carbocycles. The van der Waals surface area contributed by atoms with Crippen LogP contribution in [0.5, 0.6) is 0 Å². The highest BCUT2D eigenvalue weighted by Gasteiger charge is 2.24. The Morgan fingerprint density at radius 2 is 1.90 bits per heavy atom. The largest absolute Gasteiger partial charge is 0.379 e. The molecule has 1 atom stereocenters. The quantitative estimate of drug-likeness (QED) is 0.841. The van der Waals surface area contributed by atoms with Crippen molar-refractivity contribution in [2.75, 3.05) is 13.2 Å². The fourth-order valence-electron chi connectivity index (χ4n) is 1.96. The summed E-state index contributed by atoms with van der Waals surface area (Å²) in [6.45, 7) is 11.2. The van der Waals surface area contributed by atoms with Gasteiger partial charge in [-0.1, -0.05) is 39.3 Å². The molecule has 1 heterocycles. The molecule has 6 heteroatoms. The monoisotopic (exact) mass is 315 g/mol. The normalized spacial score (nSPS) is 13.0. The first-order valence-corrected chi connectivity index (χ1v) is 7.72. The number of amides is 1. The highest BCUT2D eigenvalue weighted by atomic mass is 35.5. The standard InChI is InChI=1S/C15H26ClN3O2/c1-9(2)7-21-8-11(5)17-15(20)12-13(10(3)4)18-19(6)14(12)16/h9-11H,7-8H2,1-6H3,(H,17,20)/t11-/m1/s1. The molecule has 0 fully saturated rings. The molecule has 0 unspecified atom stereocenters. The summed E-state index contributed by atoms with van der Waals surface area (Å²) in [4.78, 5) is 12.4. The van der Waals surface area contributed by atoms with Crippen molar-refractivity contribution in [3.05, 3.63) is 16.4 Å². The number of hydrogen-bond acceptors (Lipinski definition) is 3. The van der Waals surface area contributed by atoms with Gasteiger partial charge in [0.05, 0.1) is 17.9 Å². The second-order valence-electron chi connectivity index (χ2n) is 6.14. The number of halogens is 1. The van der Waals surface area contributed by atoms with Crippen LogP contribution >= 0.6 is 11.6 Å². The van der Waals surface area contributed by atoms with Crippen LogP contribution in [0.15, 0.2) is 0 Å². The number of nitrogens with one attached hydrogen (secondary N) is 1. The number of aryl methyl sites for hydroxylation is 1. The zero-order valence-electron chi connectivity index (χ0n) is 13.7. The van der Waals surface area contributed by atoms with E-state index in [1.54, 1.807) is 7.05 Å². The SMILES string of the molecule is CC(C)COC[C@@H](C)NC(=O)c1c(C(C)C)nn(C)c1Cl. The smallest absolute Gasteiger partial charge is 0.256 e. The van der Waals surface area contributed by atoms with Crippen LogP contribution in [0.3, 0.4) is 0 Å². The predicted octanol–water partition coefficient (Wildman–Crippen LogP) is 2.99. The van der Waals surface area contributed by atoms with E-state index >= 15 is 0 Å². The molecule has 0 spiro atoms. The summed E-state index contributed by atoms with van der Waals surface area (Å²) in [5.74, 6) is 0.419. The van der Waals surface area contributed by atoms with Gasteiger partial charge in [0, 0.05) is 19.7 Å². The number of hydrogen-bond donors (Lipinski definition) is 1. The van der Waals surface area contributed by atoms with Crippen molar-refractivity contribution < 1.29 is 9.53 Å². The maximum Gasteiger partial charge on any atom is 0.256 e. The van der Waals surface area contributed by atoms with Gasteiger partial charge in [-0.25, -0.2) is 0 Å². The van der Waals surface area contributed by atoms with Gasteiger partial charge in [-0.05, 0) is 18.8 Å². The van der Waals surface area contributed by atoms with Gasteiger partial charge in [0.25, 0.3) is 5.91 Å². The Morgan fingerprint density at radius 3 is 2.43 bits per heavy atom. The average molecular weight is 316 g/mol.